The van der Waals surface area contributed by atoms with Crippen molar-refractivity contribution in [2.75, 3.05) is 25.6 Å². The Labute approximate surface area is 125 Å². The van der Waals surface area contributed by atoms with Crippen molar-refractivity contribution >= 4 is 16.5 Å². The normalized spacial score (nSPS) is 38.4. The quantitative estimate of drug-likeness (QED) is 0.841. The molecule has 0 radical (unpaired) electrons. The molecule has 1 aromatic heterocycles. The van der Waals surface area contributed by atoms with Gasteiger partial charge in [0.05, 0.1) is 12.3 Å². The highest BCUT2D eigenvalue weighted by atomic mass is 32.1. The summed E-state index contributed by atoms with van der Waals surface area (Å²) in [6.45, 7) is 1.59. The molecule has 0 aliphatic heterocycles. The number of rotatable bonds is 5. The van der Waals surface area contributed by atoms with Crippen LogP contribution >= 0.6 is 11.3 Å². The van der Waals surface area contributed by atoms with Crippen LogP contribution in [0.4, 0.5) is 5.13 Å². The van der Waals surface area contributed by atoms with Gasteiger partial charge in [-0.05, 0) is 56.3 Å². The van der Waals surface area contributed by atoms with Gasteiger partial charge in [0.2, 0.25) is 0 Å². The molecule has 4 saturated carbocycles. The zero-order valence-electron chi connectivity index (χ0n) is 12.2. The second-order valence-electron chi connectivity index (χ2n) is 7.16. The highest BCUT2D eigenvalue weighted by Crippen LogP contribution is 2.60. The van der Waals surface area contributed by atoms with Crippen molar-refractivity contribution in [3.05, 3.63) is 11.1 Å². The summed E-state index contributed by atoms with van der Waals surface area (Å²) in [5.41, 5.74) is 1.83. The van der Waals surface area contributed by atoms with Gasteiger partial charge in [0.1, 0.15) is 0 Å². The summed E-state index contributed by atoms with van der Waals surface area (Å²) in [5.74, 6) is 2.98. The Kier molecular flexibility index (Phi) is 3.26. The van der Waals surface area contributed by atoms with Crippen LogP contribution in [0.15, 0.2) is 5.38 Å². The van der Waals surface area contributed by atoms with Gasteiger partial charge in [-0.1, -0.05) is 0 Å². The molecule has 0 atom stereocenters. The summed E-state index contributed by atoms with van der Waals surface area (Å²) in [4.78, 5) is 4.92. The molecule has 0 saturated heterocycles. The summed E-state index contributed by atoms with van der Waals surface area (Å²) in [6.07, 6.45) is 8.72. The van der Waals surface area contributed by atoms with Crippen LogP contribution in [0.25, 0.3) is 0 Å². The molecule has 4 aliphatic rings. The van der Waals surface area contributed by atoms with E-state index >= 15 is 0 Å². The van der Waals surface area contributed by atoms with Crippen molar-refractivity contribution in [2.24, 2.45) is 17.8 Å². The number of nitrogens with one attached hydrogen (secondary N) is 1. The van der Waals surface area contributed by atoms with Crippen LogP contribution in [0.2, 0.25) is 0 Å². The van der Waals surface area contributed by atoms with Crippen molar-refractivity contribution in [2.45, 2.75) is 43.9 Å². The number of thiazole rings is 1. The number of methoxy groups -OCH3 is 1. The first kappa shape index (κ1) is 13.1. The molecule has 4 fully saturated rings. The summed E-state index contributed by atoms with van der Waals surface area (Å²) >= 11 is 1.77. The van der Waals surface area contributed by atoms with Gasteiger partial charge in [-0.2, -0.15) is 0 Å². The van der Waals surface area contributed by atoms with Gasteiger partial charge < -0.3 is 10.1 Å². The second-order valence-corrected chi connectivity index (χ2v) is 8.01. The Morgan fingerprint density at radius 3 is 2.50 bits per heavy atom. The minimum Gasteiger partial charge on any atom is -0.383 e. The van der Waals surface area contributed by atoms with Gasteiger partial charge >= 0.3 is 0 Å². The minimum atomic E-state index is 0.437. The molecule has 110 valence electrons. The first-order valence-corrected chi connectivity index (χ1v) is 8.84. The molecule has 5 rings (SSSR count). The highest BCUT2D eigenvalue weighted by molar-refractivity contribution is 7.13. The van der Waals surface area contributed by atoms with Crippen molar-refractivity contribution < 1.29 is 4.74 Å². The van der Waals surface area contributed by atoms with E-state index in [4.69, 9.17) is 9.72 Å². The molecule has 20 heavy (non-hydrogen) atoms. The zero-order chi connectivity index (χ0) is 13.6. The summed E-state index contributed by atoms with van der Waals surface area (Å²) in [7, 11) is 1.74. The van der Waals surface area contributed by atoms with Crippen LogP contribution in [-0.4, -0.2) is 25.2 Å². The molecule has 4 heteroatoms. The van der Waals surface area contributed by atoms with E-state index in [-0.39, 0.29) is 0 Å². The summed E-state index contributed by atoms with van der Waals surface area (Å²) < 4.78 is 5.09. The molecule has 1 heterocycles. The number of hydrogen-bond acceptors (Lipinski definition) is 4. The fourth-order valence-corrected chi connectivity index (χ4v) is 6.15. The molecule has 3 nitrogen and oxygen atoms in total. The molecule has 4 bridgehead atoms. The van der Waals surface area contributed by atoms with Crippen molar-refractivity contribution in [1.82, 2.24) is 4.98 Å². The maximum absolute atomic E-state index is 5.09. The Balaban J connectivity index is 1.52. The number of nitrogens with zero attached hydrogens (tertiary/aromatic N) is 1. The standard InChI is InChI=1S/C16H24N2OS/c1-19-3-2-17-15-18-14(10-20-15)16-7-11-4-12(8-16)6-13(5-11)9-16/h10-13H,2-9H2,1H3,(H,17,18). The summed E-state index contributed by atoms with van der Waals surface area (Å²) in [6, 6.07) is 0. The third kappa shape index (κ3) is 2.17. The Hall–Kier alpha value is -0.610. The van der Waals surface area contributed by atoms with E-state index in [1.807, 2.05) is 0 Å². The molecule has 0 unspecified atom stereocenters. The third-order valence-corrected chi connectivity index (χ3v) is 6.47. The second kappa shape index (κ2) is 4.99. The smallest absolute Gasteiger partial charge is 0.182 e. The lowest BCUT2D eigenvalue weighted by atomic mass is 9.49. The molecule has 0 amide bonds. The van der Waals surface area contributed by atoms with Crippen LogP contribution in [0.5, 0.6) is 0 Å². The SMILES string of the molecule is COCCNc1nc(C23CC4CC(CC(C4)C2)C3)cs1. The van der Waals surface area contributed by atoms with Crippen LogP contribution in [0, 0.1) is 17.8 Å². The van der Waals surface area contributed by atoms with E-state index in [1.165, 1.54) is 44.2 Å². The monoisotopic (exact) mass is 292 g/mol. The fourth-order valence-electron chi connectivity index (χ4n) is 5.28. The van der Waals surface area contributed by atoms with Crippen LogP contribution in [0.3, 0.4) is 0 Å². The van der Waals surface area contributed by atoms with Crippen LogP contribution < -0.4 is 5.32 Å². The minimum absolute atomic E-state index is 0.437. The molecular formula is C16H24N2OS. The van der Waals surface area contributed by atoms with Crippen molar-refractivity contribution in [3.8, 4) is 0 Å². The Bertz CT molecular complexity index is 449. The van der Waals surface area contributed by atoms with E-state index in [0.29, 0.717) is 5.41 Å². The largest absolute Gasteiger partial charge is 0.383 e. The predicted octanol–water partition coefficient (Wildman–Crippen LogP) is 3.67. The third-order valence-electron chi connectivity index (χ3n) is 5.67. The van der Waals surface area contributed by atoms with Gasteiger partial charge in [0, 0.05) is 24.4 Å². The zero-order valence-corrected chi connectivity index (χ0v) is 13.0. The molecule has 0 aromatic carbocycles. The lowest BCUT2D eigenvalue weighted by Gasteiger charge is -2.56. The maximum Gasteiger partial charge on any atom is 0.182 e. The van der Waals surface area contributed by atoms with E-state index in [2.05, 4.69) is 10.7 Å². The van der Waals surface area contributed by atoms with Crippen molar-refractivity contribution in [1.29, 1.82) is 0 Å². The molecule has 1 N–H and O–H groups in total. The molecule has 4 aliphatic carbocycles. The molecular weight excluding hydrogens is 268 g/mol. The first-order chi connectivity index (χ1) is 9.77. The van der Waals surface area contributed by atoms with Gasteiger partial charge in [-0.25, -0.2) is 4.98 Å². The van der Waals surface area contributed by atoms with Gasteiger partial charge in [0.15, 0.2) is 5.13 Å². The van der Waals surface area contributed by atoms with E-state index in [9.17, 15) is 0 Å². The highest BCUT2D eigenvalue weighted by Gasteiger charge is 2.52. The number of ether oxygens (including phenoxy) is 1. The lowest BCUT2D eigenvalue weighted by molar-refractivity contribution is -0.00688. The van der Waals surface area contributed by atoms with E-state index in [0.717, 1.165) is 36.0 Å². The van der Waals surface area contributed by atoms with E-state index < -0.39 is 0 Å². The lowest BCUT2D eigenvalue weighted by Crippen LogP contribution is -2.48. The van der Waals surface area contributed by atoms with Gasteiger partial charge in [-0.15, -0.1) is 11.3 Å². The Morgan fingerprint density at radius 1 is 1.25 bits per heavy atom. The number of aromatic nitrogens is 1. The number of hydrogen-bond donors (Lipinski definition) is 1. The fraction of sp³-hybridized carbons (Fsp3) is 0.812. The van der Waals surface area contributed by atoms with Crippen molar-refractivity contribution in [3.63, 3.8) is 0 Å². The molecule has 1 aromatic rings. The van der Waals surface area contributed by atoms with Crippen LogP contribution in [0.1, 0.15) is 44.2 Å². The van der Waals surface area contributed by atoms with E-state index in [1.54, 1.807) is 18.4 Å². The Morgan fingerprint density at radius 2 is 1.90 bits per heavy atom. The van der Waals surface area contributed by atoms with Crippen LogP contribution in [-0.2, 0) is 10.2 Å². The summed E-state index contributed by atoms with van der Waals surface area (Å²) in [5, 5.41) is 6.78. The number of anilines is 1. The molecule has 0 spiro atoms. The average Bonchev–Trinajstić information content (AvgIpc) is 2.87. The first-order valence-electron chi connectivity index (χ1n) is 7.96. The maximum atomic E-state index is 5.09. The van der Waals surface area contributed by atoms with Gasteiger partial charge in [0.25, 0.3) is 0 Å². The predicted molar refractivity (Wildman–Crippen MR) is 82.3 cm³/mol. The topological polar surface area (TPSA) is 34.1 Å². The average molecular weight is 292 g/mol. The van der Waals surface area contributed by atoms with Gasteiger partial charge in [-0.3, -0.25) is 0 Å².